The molecule has 7 heteroatoms. The van der Waals surface area contributed by atoms with Gasteiger partial charge in [0.1, 0.15) is 0 Å². The van der Waals surface area contributed by atoms with Crippen LogP contribution in [0.25, 0.3) is 0 Å². The summed E-state index contributed by atoms with van der Waals surface area (Å²) in [6.07, 6.45) is 0.746. The maximum Gasteiger partial charge on any atom is 0.244 e. The SMILES string of the molecule is Cc1cc(S(=O)(=O)N2CCN(CCCO)CC2)c(C)s1. The first kappa shape index (κ1) is 15.9. The van der Waals surface area contributed by atoms with E-state index in [9.17, 15) is 8.42 Å². The zero-order valence-corrected chi connectivity index (χ0v) is 13.6. The minimum absolute atomic E-state index is 0.186. The second kappa shape index (κ2) is 6.53. The van der Waals surface area contributed by atoms with Gasteiger partial charge in [0, 0.05) is 49.1 Å². The number of nitrogens with zero attached hydrogens (tertiary/aromatic N) is 2. The Hall–Kier alpha value is -0.470. The summed E-state index contributed by atoms with van der Waals surface area (Å²) in [5.41, 5.74) is 0. The lowest BCUT2D eigenvalue weighted by molar-refractivity contribution is 0.171. The van der Waals surface area contributed by atoms with E-state index in [1.54, 1.807) is 10.4 Å². The Morgan fingerprint density at radius 3 is 2.40 bits per heavy atom. The van der Waals surface area contributed by atoms with Crippen LogP contribution in [0.3, 0.4) is 0 Å². The fourth-order valence-corrected chi connectivity index (χ4v) is 5.44. The Balaban J connectivity index is 2.04. The number of hydrogen-bond donors (Lipinski definition) is 1. The molecular weight excluding hydrogens is 296 g/mol. The van der Waals surface area contributed by atoms with Crippen molar-refractivity contribution in [1.82, 2.24) is 9.21 Å². The van der Waals surface area contributed by atoms with E-state index in [2.05, 4.69) is 4.90 Å². The molecule has 1 saturated heterocycles. The minimum Gasteiger partial charge on any atom is -0.396 e. The number of aliphatic hydroxyl groups excluding tert-OH is 1. The van der Waals surface area contributed by atoms with Crippen molar-refractivity contribution >= 4 is 21.4 Å². The van der Waals surface area contributed by atoms with E-state index in [1.165, 1.54) is 11.3 Å². The van der Waals surface area contributed by atoms with Gasteiger partial charge in [-0.05, 0) is 26.3 Å². The van der Waals surface area contributed by atoms with E-state index in [0.29, 0.717) is 18.0 Å². The van der Waals surface area contributed by atoms with Gasteiger partial charge in [-0.3, -0.25) is 0 Å². The van der Waals surface area contributed by atoms with E-state index in [4.69, 9.17) is 5.11 Å². The highest BCUT2D eigenvalue weighted by molar-refractivity contribution is 7.89. The van der Waals surface area contributed by atoms with Crippen LogP contribution >= 0.6 is 11.3 Å². The molecule has 20 heavy (non-hydrogen) atoms. The van der Waals surface area contributed by atoms with Gasteiger partial charge >= 0.3 is 0 Å². The molecule has 1 fully saturated rings. The normalized spacial score (nSPS) is 18.6. The fraction of sp³-hybridized carbons (Fsp3) is 0.692. The van der Waals surface area contributed by atoms with Crippen LogP contribution in [0.5, 0.6) is 0 Å². The first-order valence-corrected chi connectivity index (χ1v) is 9.11. The van der Waals surface area contributed by atoms with Gasteiger partial charge < -0.3 is 10.0 Å². The van der Waals surface area contributed by atoms with Crippen LogP contribution in [0.1, 0.15) is 16.2 Å². The summed E-state index contributed by atoms with van der Waals surface area (Å²) in [5, 5.41) is 8.83. The van der Waals surface area contributed by atoms with Crippen LogP contribution in [0, 0.1) is 13.8 Å². The van der Waals surface area contributed by atoms with Gasteiger partial charge in [0.25, 0.3) is 0 Å². The molecule has 0 atom stereocenters. The number of thiophene rings is 1. The van der Waals surface area contributed by atoms with Gasteiger partial charge in [-0.2, -0.15) is 4.31 Å². The highest BCUT2D eigenvalue weighted by Crippen LogP contribution is 2.28. The summed E-state index contributed by atoms with van der Waals surface area (Å²) in [6.45, 7) is 7.35. The van der Waals surface area contributed by atoms with Crippen LogP contribution in [0.4, 0.5) is 0 Å². The van der Waals surface area contributed by atoms with Crippen LogP contribution < -0.4 is 0 Å². The molecule has 1 aliphatic rings. The lowest BCUT2D eigenvalue weighted by Crippen LogP contribution is -2.48. The van der Waals surface area contributed by atoms with E-state index in [1.807, 2.05) is 13.8 Å². The van der Waals surface area contributed by atoms with Crippen molar-refractivity contribution in [3.05, 3.63) is 15.8 Å². The summed E-state index contributed by atoms with van der Waals surface area (Å²) in [7, 11) is -3.35. The van der Waals surface area contributed by atoms with Gasteiger partial charge in [-0.15, -0.1) is 11.3 Å². The molecule has 2 rings (SSSR count). The summed E-state index contributed by atoms with van der Waals surface area (Å²) in [6, 6.07) is 1.77. The predicted octanol–water partition coefficient (Wildman–Crippen LogP) is 1.05. The topological polar surface area (TPSA) is 60.9 Å². The van der Waals surface area contributed by atoms with Crippen molar-refractivity contribution in [3.63, 3.8) is 0 Å². The molecule has 0 saturated carbocycles. The fourth-order valence-electron chi connectivity index (χ4n) is 2.49. The molecule has 1 aliphatic heterocycles. The third-order valence-corrected chi connectivity index (χ3v) is 6.70. The van der Waals surface area contributed by atoms with Gasteiger partial charge in [0.05, 0.1) is 4.90 Å². The van der Waals surface area contributed by atoms with Gasteiger partial charge in [0.15, 0.2) is 0 Å². The number of hydrogen-bond acceptors (Lipinski definition) is 5. The largest absolute Gasteiger partial charge is 0.396 e. The van der Waals surface area contributed by atoms with Crippen LogP contribution in [-0.4, -0.2) is 62.1 Å². The zero-order valence-electron chi connectivity index (χ0n) is 12.0. The first-order chi connectivity index (χ1) is 9.45. The molecule has 0 aliphatic carbocycles. The van der Waals surface area contributed by atoms with E-state index in [0.717, 1.165) is 35.8 Å². The second-order valence-corrected chi connectivity index (χ2v) is 8.47. The third-order valence-electron chi connectivity index (χ3n) is 3.58. The molecule has 0 amide bonds. The Morgan fingerprint density at radius 2 is 1.90 bits per heavy atom. The number of aliphatic hydroxyl groups is 1. The van der Waals surface area contributed by atoms with E-state index >= 15 is 0 Å². The molecule has 114 valence electrons. The smallest absolute Gasteiger partial charge is 0.244 e. The summed E-state index contributed by atoms with van der Waals surface area (Å²) in [4.78, 5) is 4.56. The Bertz CT molecular complexity index is 546. The maximum absolute atomic E-state index is 12.6. The summed E-state index contributed by atoms with van der Waals surface area (Å²) >= 11 is 1.53. The molecule has 0 spiro atoms. The Labute approximate surface area is 124 Å². The average molecular weight is 318 g/mol. The molecule has 1 N–H and O–H groups in total. The number of rotatable bonds is 5. The van der Waals surface area contributed by atoms with Crippen molar-refractivity contribution in [1.29, 1.82) is 0 Å². The summed E-state index contributed by atoms with van der Waals surface area (Å²) in [5.74, 6) is 0. The Morgan fingerprint density at radius 1 is 1.25 bits per heavy atom. The van der Waals surface area contributed by atoms with Crippen molar-refractivity contribution in [2.24, 2.45) is 0 Å². The standard InChI is InChI=1S/C13H22N2O3S2/c1-11-10-13(12(2)19-11)20(17,18)15-7-5-14(6-8-15)4-3-9-16/h10,16H,3-9H2,1-2H3. The highest BCUT2D eigenvalue weighted by atomic mass is 32.2. The lowest BCUT2D eigenvalue weighted by atomic mass is 10.3. The average Bonchev–Trinajstić information content (AvgIpc) is 2.76. The predicted molar refractivity (Wildman–Crippen MR) is 80.7 cm³/mol. The van der Waals surface area contributed by atoms with Gasteiger partial charge in [0.2, 0.25) is 10.0 Å². The second-order valence-electron chi connectivity index (χ2n) is 5.10. The van der Waals surface area contributed by atoms with Crippen molar-refractivity contribution in [3.8, 4) is 0 Å². The molecule has 0 radical (unpaired) electrons. The Kier molecular flexibility index (Phi) is 5.19. The summed E-state index contributed by atoms with van der Waals surface area (Å²) < 4.78 is 26.8. The number of sulfonamides is 1. The highest BCUT2D eigenvalue weighted by Gasteiger charge is 2.30. The van der Waals surface area contributed by atoms with Crippen LogP contribution in [0.2, 0.25) is 0 Å². The molecule has 5 nitrogen and oxygen atoms in total. The van der Waals surface area contributed by atoms with E-state index < -0.39 is 10.0 Å². The molecule has 0 bridgehead atoms. The maximum atomic E-state index is 12.6. The molecule has 0 unspecified atom stereocenters. The lowest BCUT2D eigenvalue weighted by Gasteiger charge is -2.33. The molecule has 0 aromatic carbocycles. The zero-order chi connectivity index (χ0) is 14.8. The molecule has 1 aromatic rings. The van der Waals surface area contributed by atoms with Crippen molar-refractivity contribution in [2.75, 3.05) is 39.3 Å². The van der Waals surface area contributed by atoms with Crippen LogP contribution in [-0.2, 0) is 10.0 Å². The van der Waals surface area contributed by atoms with Gasteiger partial charge in [-0.1, -0.05) is 0 Å². The quantitative estimate of drug-likeness (QED) is 0.882. The van der Waals surface area contributed by atoms with Gasteiger partial charge in [-0.25, -0.2) is 8.42 Å². The van der Waals surface area contributed by atoms with E-state index in [-0.39, 0.29) is 6.61 Å². The third kappa shape index (κ3) is 3.40. The monoisotopic (exact) mass is 318 g/mol. The molecular formula is C13H22N2O3S2. The number of piperazine rings is 1. The van der Waals surface area contributed by atoms with Crippen LogP contribution in [0.15, 0.2) is 11.0 Å². The van der Waals surface area contributed by atoms with Crippen molar-refractivity contribution < 1.29 is 13.5 Å². The van der Waals surface area contributed by atoms with Crippen molar-refractivity contribution in [2.45, 2.75) is 25.2 Å². The minimum atomic E-state index is -3.35. The number of aryl methyl sites for hydroxylation is 2. The molecule has 2 heterocycles. The molecule has 1 aromatic heterocycles. The first-order valence-electron chi connectivity index (χ1n) is 6.85.